The van der Waals surface area contributed by atoms with Crippen molar-refractivity contribution in [3.8, 4) is 17.2 Å². The third-order valence-electron chi connectivity index (χ3n) is 5.58. The quantitative estimate of drug-likeness (QED) is 0.169. The molecule has 0 aromatic heterocycles. The van der Waals surface area contributed by atoms with Gasteiger partial charge in [0.25, 0.3) is 5.91 Å². The first-order valence-electron chi connectivity index (χ1n) is 12.1. The predicted octanol–water partition coefficient (Wildman–Crippen LogP) is 6.63. The molecule has 1 saturated heterocycles. The van der Waals surface area contributed by atoms with E-state index < -0.39 is 11.7 Å². The second kappa shape index (κ2) is 13.3. The zero-order chi connectivity index (χ0) is 26.1. The number of rotatable bonds is 13. The molecule has 192 valence electrons. The van der Waals surface area contributed by atoms with Gasteiger partial charge in [-0.1, -0.05) is 69.1 Å². The molecule has 0 saturated carbocycles. The van der Waals surface area contributed by atoms with Crippen LogP contribution < -0.4 is 14.4 Å². The summed E-state index contributed by atoms with van der Waals surface area (Å²) in [6.07, 6.45) is 8.84. The summed E-state index contributed by atoms with van der Waals surface area (Å²) in [5.41, 5.74) is 0.814. The van der Waals surface area contributed by atoms with Gasteiger partial charge >= 0.3 is 5.97 Å². The lowest BCUT2D eigenvalue weighted by molar-refractivity contribution is -0.113. The Morgan fingerprint density at radius 3 is 2.47 bits per heavy atom. The normalized spacial score (nSPS) is 14.5. The van der Waals surface area contributed by atoms with Crippen molar-refractivity contribution in [2.24, 2.45) is 0 Å². The Morgan fingerprint density at radius 2 is 1.78 bits per heavy atom. The number of aromatic hydroxyl groups is 1. The number of hydrogen-bond donors (Lipinski definition) is 2. The van der Waals surface area contributed by atoms with E-state index >= 15 is 0 Å². The van der Waals surface area contributed by atoms with Crippen molar-refractivity contribution in [2.75, 3.05) is 18.1 Å². The van der Waals surface area contributed by atoms with Gasteiger partial charge in [0.15, 0.2) is 15.8 Å². The molecule has 1 aliphatic rings. The number of benzene rings is 2. The van der Waals surface area contributed by atoms with Crippen LogP contribution in [-0.4, -0.2) is 39.6 Å². The SMILES string of the molecule is CCCCCCCCOc1ccc(/C=C2/SC(=S)N(c3ccc(C(=O)O)c(O)c3)C2=O)cc1OCC. The molecule has 3 rings (SSSR count). The Kier molecular flexibility index (Phi) is 10.2. The Labute approximate surface area is 221 Å². The lowest BCUT2D eigenvalue weighted by Gasteiger charge is -2.15. The van der Waals surface area contributed by atoms with E-state index in [0.29, 0.717) is 35.3 Å². The number of anilines is 1. The van der Waals surface area contributed by atoms with Crippen molar-refractivity contribution in [1.82, 2.24) is 0 Å². The highest BCUT2D eigenvalue weighted by atomic mass is 32.2. The van der Waals surface area contributed by atoms with Crippen molar-refractivity contribution >= 4 is 51.9 Å². The number of carboxylic acid groups (broad SMARTS) is 1. The van der Waals surface area contributed by atoms with Crippen molar-refractivity contribution in [3.63, 3.8) is 0 Å². The van der Waals surface area contributed by atoms with Crippen LogP contribution in [0.5, 0.6) is 17.2 Å². The highest BCUT2D eigenvalue weighted by Crippen LogP contribution is 2.38. The highest BCUT2D eigenvalue weighted by Gasteiger charge is 2.34. The minimum Gasteiger partial charge on any atom is -0.507 e. The van der Waals surface area contributed by atoms with Crippen LogP contribution in [0.15, 0.2) is 41.3 Å². The molecule has 0 unspecified atom stereocenters. The van der Waals surface area contributed by atoms with Crippen LogP contribution in [0.2, 0.25) is 0 Å². The van der Waals surface area contributed by atoms with E-state index in [-0.39, 0.29) is 15.8 Å². The number of aromatic carboxylic acids is 1. The maximum atomic E-state index is 13.1. The summed E-state index contributed by atoms with van der Waals surface area (Å²) in [5, 5.41) is 19.1. The smallest absolute Gasteiger partial charge is 0.339 e. The molecule has 1 aliphatic heterocycles. The van der Waals surface area contributed by atoms with E-state index in [4.69, 9.17) is 26.8 Å². The monoisotopic (exact) mass is 529 g/mol. The third-order valence-corrected chi connectivity index (χ3v) is 6.89. The molecule has 36 heavy (non-hydrogen) atoms. The van der Waals surface area contributed by atoms with Crippen molar-refractivity contribution in [3.05, 3.63) is 52.4 Å². The number of carbonyl (C=O) groups excluding carboxylic acids is 1. The minimum absolute atomic E-state index is 0.248. The zero-order valence-corrected chi connectivity index (χ0v) is 22.1. The van der Waals surface area contributed by atoms with E-state index in [1.54, 1.807) is 6.08 Å². The highest BCUT2D eigenvalue weighted by molar-refractivity contribution is 8.27. The van der Waals surface area contributed by atoms with E-state index in [1.807, 2.05) is 25.1 Å². The lowest BCUT2D eigenvalue weighted by atomic mass is 10.1. The molecule has 1 heterocycles. The molecule has 2 aromatic carbocycles. The van der Waals surface area contributed by atoms with Gasteiger partial charge < -0.3 is 19.7 Å². The van der Waals surface area contributed by atoms with Gasteiger partial charge in [0, 0.05) is 6.07 Å². The van der Waals surface area contributed by atoms with Gasteiger partial charge in [-0.3, -0.25) is 9.69 Å². The topological polar surface area (TPSA) is 96.3 Å². The van der Waals surface area contributed by atoms with Crippen LogP contribution >= 0.6 is 24.0 Å². The molecular weight excluding hydrogens is 498 g/mol. The molecule has 0 atom stereocenters. The van der Waals surface area contributed by atoms with Crippen molar-refractivity contribution < 1.29 is 29.3 Å². The number of amides is 1. The minimum atomic E-state index is -1.26. The van der Waals surface area contributed by atoms with Gasteiger partial charge in [-0.05, 0) is 49.2 Å². The lowest BCUT2D eigenvalue weighted by Crippen LogP contribution is -2.27. The molecule has 2 N–H and O–H groups in total. The number of ether oxygens (including phenoxy) is 2. The number of thiocarbonyl (C=S) groups is 1. The molecule has 0 aliphatic carbocycles. The Hall–Kier alpha value is -3.04. The maximum absolute atomic E-state index is 13.1. The van der Waals surface area contributed by atoms with Crippen molar-refractivity contribution in [1.29, 1.82) is 0 Å². The molecule has 9 heteroatoms. The number of unbranched alkanes of at least 4 members (excludes halogenated alkanes) is 5. The van der Waals surface area contributed by atoms with E-state index in [2.05, 4.69) is 6.92 Å². The molecule has 2 aromatic rings. The average molecular weight is 530 g/mol. The van der Waals surface area contributed by atoms with E-state index in [1.165, 1.54) is 48.8 Å². The zero-order valence-electron chi connectivity index (χ0n) is 20.5. The summed E-state index contributed by atoms with van der Waals surface area (Å²) in [5.74, 6) is -0.760. The summed E-state index contributed by atoms with van der Waals surface area (Å²) in [4.78, 5) is 25.9. The molecule has 0 bridgehead atoms. The first-order valence-corrected chi connectivity index (χ1v) is 13.3. The number of carboxylic acids is 1. The van der Waals surface area contributed by atoms with Crippen LogP contribution in [0.4, 0.5) is 5.69 Å². The number of carbonyl (C=O) groups is 2. The van der Waals surface area contributed by atoms with Gasteiger partial charge in [0.2, 0.25) is 0 Å². The van der Waals surface area contributed by atoms with Gasteiger partial charge in [0.05, 0.1) is 23.8 Å². The van der Waals surface area contributed by atoms with Gasteiger partial charge in [-0.15, -0.1) is 0 Å². The number of nitrogens with zero attached hydrogens (tertiary/aromatic N) is 1. The summed E-state index contributed by atoms with van der Waals surface area (Å²) in [6, 6.07) is 9.45. The Morgan fingerprint density at radius 1 is 1.03 bits per heavy atom. The average Bonchev–Trinajstić information content (AvgIpc) is 3.12. The van der Waals surface area contributed by atoms with E-state index in [9.17, 15) is 14.7 Å². The molecular formula is C27H31NO6S2. The Balaban J connectivity index is 1.71. The molecule has 7 nitrogen and oxygen atoms in total. The summed E-state index contributed by atoms with van der Waals surface area (Å²) in [7, 11) is 0. The van der Waals surface area contributed by atoms with Gasteiger partial charge in [-0.25, -0.2) is 4.79 Å². The standard InChI is InChI=1S/C27H31NO6S2/c1-3-5-6-7-8-9-14-34-22-13-10-18(15-23(22)33-4-2)16-24-25(30)28(27(35)36-24)19-11-12-20(26(31)32)21(29)17-19/h10-13,15-17,29H,3-9,14H2,1-2H3,(H,31,32)/b24-16+. The summed E-state index contributed by atoms with van der Waals surface area (Å²) < 4.78 is 12.0. The number of thioether (sulfide) groups is 1. The number of phenols is 1. The maximum Gasteiger partial charge on any atom is 0.339 e. The molecule has 1 amide bonds. The van der Waals surface area contributed by atoms with E-state index in [0.717, 1.165) is 30.2 Å². The van der Waals surface area contributed by atoms with Crippen molar-refractivity contribution in [2.45, 2.75) is 52.4 Å². The first kappa shape index (κ1) is 27.5. The second-order valence-electron chi connectivity index (χ2n) is 8.28. The van der Waals surface area contributed by atoms with Crippen LogP contribution in [-0.2, 0) is 4.79 Å². The fraction of sp³-hybridized carbons (Fsp3) is 0.370. The van der Waals surface area contributed by atoms with Gasteiger partial charge in [0.1, 0.15) is 11.3 Å². The van der Waals surface area contributed by atoms with Crippen LogP contribution in [0.1, 0.15) is 68.3 Å². The Bertz CT molecular complexity index is 1150. The first-order chi connectivity index (χ1) is 17.3. The molecule has 0 spiro atoms. The van der Waals surface area contributed by atoms with Gasteiger partial charge in [-0.2, -0.15) is 0 Å². The second-order valence-corrected chi connectivity index (χ2v) is 9.95. The van der Waals surface area contributed by atoms with Crippen LogP contribution in [0.3, 0.4) is 0 Å². The fourth-order valence-electron chi connectivity index (χ4n) is 3.75. The van der Waals surface area contributed by atoms with Crippen LogP contribution in [0, 0.1) is 0 Å². The van der Waals surface area contributed by atoms with Crippen LogP contribution in [0.25, 0.3) is 6.08 Å². The molecule has 0 radical (unpaired) electrons. The summed E-state index contributed by atoms with van der Waals surface area (Å²) >= 11 is 6.52. The third kappa shape index (κ3) is 7.01. The number of hydrogen-bond acceptors (Lipinski definition) is 7. The summed E-state index contributed by atoms with van der Waals surface area (Å²) in [6.45, 7) is 5.21. The fourth-order valence-corrected chi connectivity index (χ4v) is 5.05. The predicted molar refractivity (Wildman–Crippen MR) is 147 cm³/mol. The molecule has 1 fully saturated rings. The largest absolute Gasteiger partial charge is 0.507 e.